The third kappa shape index (κ3) is 4.94. The van der Waals surface area contributed by atoms with Crippen LogP contribution >= 0.6 is 0 Å². The zero-order valence-electron chi connectivity index (χ0n) is 12.0. The molecule has 0 spiro atoms. The van der Waals surface area contributed by atoms with E-state index >= 15 is 0 Å². The van der Waals surface area contributed by atoms with Crippen molar-refractivity contribution < 1.29 is 9.90 Å². The lowest BCUT2D eigenvalue weighted by Gasteiger charge is -2.31. The molecule has 0 aromatic rings. The molecule has 0 heterocycles. The molecule has 0 aromatic carbocycles. The highest BCUT2D eigenvalue weighted by molar-refractivity contribution is 5.78. The van der Waals surface area contributed by atoms with E-state index in [1.54, 1.807) is 0 Å². The quantitative estimate of drug-likeness (QED) is 0.755. The van der Waals surface area contributed by atoms with Gasteiger partial charge in [-0.2, -0.15) is 0 Å². The number of rotatable bonds is 6. The molecule has 0 bridgehead atoms. The summed E-state index contributed by atoms with van der Waals surface area (Å²) in [6.07, 6.45) is 4.83. The first-order chi connectivity index (χ1) is 8.54. The minimum Gasteiger partial charge on any atom is -0.395 e. The van der Waals surface area contributed by atoms with Crippen LogP contribution in [0.1, 0.15) is 46.5 Å². The fourth-order valence-electron chi connectivity index (χ4n) is 2.62. The fourth-order valence-corrected chi connectivity index (χ4v) is 2.62. The van der Waals surface area contributed by atoms with Crippen molar-refractivity contribution in [3.8, 4) is 0 Å². The lowest BCUT2D eigenvalue weighted by atomic mass is 9.86. The molecule has 106 valence electrons. The van der Waals surface area contributed by atoms with Crippen molar-refractivity contribution in [2.75, 3.05) is 19.7 Å². The Kier molecular flexibility index (Phi) is 6.65. The molecule has 0 saturated heterocycles. The molecule has 0 aliphatic heterocycles. The van der Waals surface area contributed by atoms with Gasteiger partial charge in [0.2, 0.25) is 5.91 Å². The summed E-state index contributed by atoms with van der Waals surface area (Å²) < 4.78 is 0. The second-order valence-electron chi connectivity index (χ2n) is 5.72. The molecule has 2 atom stereocenters. The van der Waals surface area contributed by atoms with Crippen LogP contribution < -0.4 is 5.32 Å². The van der Waals surface area contributed by atoms with Crippen LogP contribution in [0.15, 0.2) is 0 Å². The van der Waals surface area contributed by atoms with Gasteiger partial charge in [-0.1, -0.05) is 19.8 Å². The second-order valence-corrected chi connectivity index (χ2v) is 5.72. The van der Waals surface area contributed by atoms with Gasteiger partial charge < -0.3 is 10.4 Å². The molecule has 1 aliphatic rings. The van der Waals surface area contributed by atoms with Crippen LogP contribution in [0, 0.1) is 5.92 Å². The van der Waals surface area contributed by atoms with Crippen LogP contribution in [0.3, 0.4) is 0 Å². The molecule has 18 heavy (non-hydrogen) atoms. The number of carbonyl (C=O) groups excluding carboxylic acids is 1. The van der Waals surface area contributed by atoms with Gasteiger partial charge in [-0.25, -0.2) is 0 Å². The predicted molar refractivity (Wildman–Crippen MR) is 73.4 cm³/mol. The monoisotopic (exact) mass is 256 g/mol. The average molecular weight is 256 g/mol. The first-order valence-electron chi connectivity index (χ1n) is 7.19. The normalized spacial score (nSPS) is 24.6. The Morgan fingerprint density at radius 2 is 2.06 bits per heavy atom. The van der Waals surface area contributed by atoms with Crippen LogP contribution in [0.5, 0.6) is 0 Å². The molecule has 1 fully saturated rings. The van der Waals surface area contributed by atoms with Crippen molar-refractivity contribution in [2.45, 2.75) is 58.5 Å². The first kappa shape index (κ1) is 15.4. The van der Waals surface area contributed by atoms with E-state index in [0.717, 1.165) is 6.42 Å². The number of hydrogen-bond acceptors (Lipinski definition) is 3. The van der Waals surface area contributed by atoms with Gasteiger partial charge in [0, 0.05) is 18.6 Å². The Bertz CT molecular complexity index is 248. The molecule has 1 amide bonds. The lowest BCUT2D eigenvalue weighted by molar-refractivity contribution is -0.124. The number of aliphatic hydroxyl groups excluding tert-OH is 1. The van der Waals surface area contributed by atoms with Gasteiger partial charge in [-0.15, -0.1) is 0 Å². The van der Waals surface area contributed by atoms with E-state index in [4.69, 9.17) is 5.11 Å². The number of nitrogens with one attached hydrogen (secondary N) is 1. The minimum atomic E-state index is 0.0934. The number of carbonyl (C=O) groups is 1. The summed E-state index contributed by atoms with van der Waals surface area (Å²) in [5.41, 5.74) is 0. The Morgan fingerprint density at radius 1 is 1.39 bits per heavy atom. The largest absolute Gasteiger partial charge is 0.395 e. The van der Waals surface area contributed by atoms with Crippen molar-refractivity contribution in [1.29, 1.82) is 0 Å². The van der Waals surface area contributed by atoms with Crippen molar-refractivity contribution in [2.24, 2.45) is 5.92 Å². The highest BCUT2D eigenvalue weighted by Gasteiger charge is 2.23. The number of hydrogen-bond donors (Lipinski definition) is 2. The van der Waals surface area contributed by atoms with E-state index in [0.29, 0.717) is 25.0 Å². The van der Waals surface area contributed by atoms with Crippen LogP contribution in [0.4, 0.5) is 0 Å². The Labute approximate surface area is 111 Å². The number of amides is 1. The van der Waals surface area contributed by atoms with Crippen LogP contribution in [-0.4, -0.2) is 47.7 Å². The third-order valence-electron chi connectivity index (χ3n) is 3.92. The van der Waals surface area contributed by atoms with E-state index in [1.165, 1.54) is 19.3 Å². The number of aliphatic hydroxyl groups is 1. The standard InChI is InChI=1S/C14H28N2O2/c1-11(2)16(8-9-17)10-14(18)15-13-7-5-4-6-12(13)3/h11-13,17H,4-10H2,1-3H3,(H,15,18). The van der Waals surface area contributed by atoms with Crippen molar-refractivity contribution in [1.82, 2.24) is 10.2 Å². The van der Waals surface area contributed by atoms with Crippen LogP contribution in [-0.2, 0) is 4.79 Å². The summed E-state index contributed by atoms with van der Waals surface area (Å²) in [7, 11) is 0. The predicted octanol–water partition coefficient (Wildman–Crippen LogP) is 1.38. The van der Waals surface area contributed by atoms with Gasteiger partial charge in [-0.05, 0) is 32.6 Å². The maximum Gasteiger partial charge on any atom is 0.234 e. The Balaban J connectivity index is 2.39. The molecule has 4 heteroatoms. The fraction of sp³-hybridized carbons (Fsp3) is 0.929. The minimum absolute atomic E-state index is 0.0934. The highest BCUT2D eigenvalue weighted by atomic mass is 16.3. The molecule has 2 N–H and O–H groups in total. The molecule has 1 rings (SSSR count). The summed E-state index contributed by atoms with van der Waals surface area (Å²) in [6.45, 7) is 7.37. The van der Waals surface area contributed by atoms with Crippen LogP contribution in [0.25, 0.3) is 0 Å². The molecule has 1 saturated carbocycles. The van der Waals surface area contributed by atoms with Gasteiger partial charge in [0.25, 0.3) is 0 Å². The molecule has 0 aromatic heterocycles. The summed E-state index contributed by atoms with van der Waals surface area (Å²) in [4.78, 5) is 14.0. The van der Waals surface area contributed by atoms with E-state index < -0.39 is 0 Å². The van der Waals surface area contributed by atoms with Crippen molar-refractivity contribution in [3.05, 3.63) is 0 Å². The van der Waals surface area contributed by atoms with Crippen LogP contribution in [0.2, 0.25) is 0 Å². The van der Waals surface area contributed by atoms with Gasteiger partial charge in [0.05, 0.1) is 13.2 Å². The van der Waals surface area contributed by atoms with Crippen molar-refractivity contribution in [3.63, 3.8) is 0 Å². The topological polar surface area (TPSA) is 52.6 Å². The second kappa shape index (κ2) is 7.74. The molecular formula is C14H28N2O2. The molecule has 1 aliphatic carbocycles. The zero-order chi connectivity index (χ0) is 13.5. The van der Waals surface area contributed by atoms with Crippen molar-refractivity contribution >= 4 is 5.91 Å². The van der Waals surface area contributed by atoms with Gasteiger partial charge in [-0.3, -0.25) is 9.69 Å². The molecule has 4 nitrogen and oxygen atoms in total. The summed E-state index contributed by atoms with van der Waals surface area (Å²) in [5, 5.41) is 12.1. The summed E-state index contributed by atoms with van der Waals surface area (Å²) >= 11 is 0. The maximum atomic E-state index is 12.0. The van der Waals surface area contributed by atoms with E-state index in [9.17, 15) is 4.79 Å². The van der Waals surface area contributed by atoms with Gasteiger partial charge in [0.1, 0.15) is 0 Å². The number of nitrogens with zero attached hydrogens (tertiary/aromatic N) is 1. The SMILES string of the molecule is CC1CCCCC1NC(=O)CN(CCO)C(C)C. The molecular weight excluding hydrogens is 228 g/mol. The van der Waals surface area contributed by atoms with Gasteiger partial charge in [0.15, 0.2) is 0 Å². The Morgan fingerprint density at radius 3 is 2.61 bits per heavy atom. The maximum absolute atomic E-state index is 12.0. The first-order valence-corrected chi connectivity index (χ1v) is 7.19. The van der Waals surface area contributed by atoms with E-state index in [-0.39, 0.29) is 18.6 Å². The zero-order valence-corrected chi connectivity index (χ0v) is 12.0. The van der Waals surface area contributed by atoms with E-state index in [1.807, 2.05) is 18.7 Å². The highest BCUT2D eigenvalue weighted by Crippen LogP contribution is 2.23. The third-order valence-corrected chi connectivity index (χ3v) is 3.92. The summed E-state index contributed by atoms with van der Waals surface area (Å²) in [5.74, 6) is 0.684. The smallest absolute Gasteiger partial charge is 0.234 e. The van der Waals surface area contributed by atoms with Gasteiger partial charge >= 0.3 is 0 Å². The summed E-state index contributed by atoms with van der Waals surface area (Å²) in [6, 6.07) is 0.626. The Hall–Kier alpha value is -0.610. The van der Waals surface area contributed by atoms with E-state index in [2.05, 4.69) is 12.2 Å². The molecule has 2 unspecified atom stereocenters. The molecule has 0 radical (unpaired) electrons. The average Bonchev–Trinajstić information content (AvgIpc) is 2.31. The lowest BCUT2D eigenvalue weighted by Crippen LogP contribution is -2.47.